The maximum atomic E-state index is 7.49. The number of likely N-dealkylation sites (tertiary alicyclic amines) is 1. The summed E-state index contributed by atoms with van der Waals surface area (Å²) in [4.78, 5) is 2.51. The molecule has 2 rings (SSSR count). The molecular weight excluding hydrogens is 234 g/mol. The van der Waals surface area contributed by atoms with Gasteiger partial charge in [0.15, 0.2) is 0 Å². The van der Waals surface area contributed by atoms with E-state index in [2.05, 4.69) is 24.8 Å². The first kappa shape index (κ1) is 14.1. The molecule has 1 heterocycles. The average molecular weight is 259 g/mol. The number of nitrogens with two attached hydrogens (primary N) is 1. The summed E-state index contributed by atoms with van der Waals surface area (Å²) in [7, 11) is 0. The van der Waals surface area contributed by atoms with Crippen molar-refractivity contribution in [3.05, 3.63) is 35.4 Å². The standard InChI is InChI=1S/C16H25N3/c1-3-16(2)7-9-19(10-8-16)12-13-5-4-6-14(11-13)15(17)18/h4-6,11H,3,7-10,12H2,1-2H3,(H3,17,18). The van der Waals surface area contributed by atoms with Gasteiger partial charge in [-0.3, -0.25) is 10.3 Å². The van der Waals surface area contributed by atoms with Gasteiger partial charge in [-0.25, -0.2) is 0 Å². The van der Waals surface area contributed by atoms with Crippen LogP contribution in [-0.2, 0) is 6.54 Å². The van der Waals surface area contributed by atoms with E-state index in [0.29, 0.717) is 5.41 Å². The van der Waals surface area contributed by atoms with Crippen LogP contribution in [0.5, 0.6) is 0 Å². The molecule has 0 radical (unpaired) electrons. The second-order valence-electron chi connectivity index (χ2n) is 6.05. The van der Waals surface area contributed by atoms with E-state index in [9.17, 15) is 0 Å². The third-order valence-electron chi connectivity index (χ3n) is 4.56. The van der Waals surface area contributed by atoms with Crippen molar-refractivity contribution in [1.29, 1.82) is 5.41 Å². The highest BCUT2D eigenvalue weighted by Crippen LogP contribution is 2.34. The topological polar surface area (TPSA) is 53.1 Å². The Hall–Kier alpha value is -1.35. The summed E-state index contributed by atoms with van der Waals surface area (Å²) in [6.45, 7) is 8.02. The maximum Gasteiger partial charge on any atom is 0.122 e. The lowest BCUT2D eigenvalue weighted by molar-refractivity contribution is 0.109. The van der Waals surface area contributed by atoms with Crippen molar-refractivity contribution in [2.24, 2.45) is 11.1 Å². The highest BCUT2D eigenvalue weighted by molar-refractivity contribution is 5.95. The van der Waals surface area contributed by atoms with E-state index in [0.717, 1.165) is 12.1 Å². The molecule has 1 aromatic carbocycles. The van der Waals surface area contributed by atoms with E-state index < -0.39 is 0 Å². The summed E-state index contributed by atoms with van der Waals surface area (Å²) >= 11 is 0. The number of amidine groups is 1. The number of benzene rings is 1. The fourth-order valence-corrected chi connectivity index (χ4v) is 2.70. The summed E-state index contributed by atoms with van der Waals surface area (Å²) in [6, 6.07) is 8.05. The van der Waals surface area contributed by atoms with Gasteiger partial charge in [-0.2, -0.15) is 0 Å². The minimum Gasteiger partial charge on any atom is -0.384 e. The van der Waals surface area contributed by atoms with Crippen LogP contribution in [0.2, 0.25) is 0 Å². The molecule has 0 aromatic heterocycles. The largest absolute Gasteiger partial charge is 0.384 e. The average Bonchev–Trinajstić information content (AvgIpc) is 2.42. The maximum absolute atomic E-state index is 7.49. The lowest BCUT2D eigenvalue weighted by Gasteiger charge is -2.39. The molecule has 0 bridgehead atoms. The highest BCUT2D eigenvalue weighted by Gasteiger charge is 2.27. The highest BCUT2D eigenvalue weighted by atomic mass is 15.1. The van der Waals surface area contributed by atoms with Crippen LogP contribution in [0, 0.1) is 10.8 Å². The van der Waals surface area contributed by atoms with Crippen LogP contribution in [-0.4, -0.2) is 23.8 Å². The molecule has 0 amide bonds. The molecule has 1 saturated heterocycles. The number of hydrogen-bond donors (Lipinski definition) is 2. The molecule has 3 N–H and O–H groups in total. The van der Waals surface area contributed by atoms with E-state index >= 15 is 0 Å². The first-order valence-corrected chi connectivity index (χ1v) is 7.18. The molecular formula is C16H25N3. The van der Waals surface area contributed by atoms with Crippen LogP contribution < -0.4 is 5.73 Å². The number of nitrogens with zero attached hydrogens (tertiary/aromatic N) is 1. The Labute approximate surface area is 116 Å². The molecule has 0 unspecified atom stereocenters. The Kier molecular flexibility index (Phi) is 4.25. The molecule has 1 aromatic rings. The van der Waals surface area contributed by atoms with E-state index in [-0.39, 0.29) is 5.84 Å². The molecule has 104 valence electrons. The molecule has 3 heteroatoms. The third kappa shape index (κ3) is 3.57. The number of nitrogens with one attached hydrogen (secondary N) is 1. The molecule has 1 aliphatic rings. The van der Waals surface area contributed by atoms with E-state index in [1.165, 1.54) is 37.9 Å². The molecule has 0 aliphatic carbocycles. The quantitative estimate of drug-likeness (QED) is 0.645. The number of nitrogen functional groups attached to an aromatic ring is 1. The predicted molar refractivity (Wildman–Crippen MR) is 80.4 cm³/mol. The van der Waals surface area contributed by atoms with Gasteiger partial charge in [-0.15, -0.1) is 0 Å². The fourth-order valence-electron chi connectivity index (χ4n) is 2.70. The van der Waals surface area contributed by atoms with Gasteiger partial charge >= 0.3 is 0 Å². The SMILES string of the molecule is CCC1(C)CCN(Cc2cccc(C(=N)N)c2)CC1. The monoisotopic (exact) mass is 259 g/mol. The Morgan fingerprint density at radius 3 is 2.63 bits per heavy atom. The van der Waals surface area contributed by atoms with Gasteiger partial charge in [0.1, 0.15) is 5.84 Å². The van der Waals surface area contributed by atoms with Crippen LogP contribution in [0.1, 0.15) is 44.2 Å². The van der Waals surface area contributed by atoms with Crippen molar-refractivity contribution in [2.45, 2.75) is 39.7 Å². The Bertz CT molecular complexity index is 445. The smallest absolute Gasteiger partial charge is 0.122 e. The lowest BCUT2D eigenvalue weighted by Crippen LogP contribution is -2.37. The van der Waals surface area contributed by atoms with Crippen molar-refractivity contribution in [3.8, 4) is 0 Å². The molecule has 19 heavy (non-hydrogen) atoms. The van der Waals surface area contributed by atoms with Crippen molar-refractivity contribution in [1.82, 2.24) is 4.90 Å². The zero-order valence-electron chi connectivity index (χ0n) is 12.1. The Morgan fingerprint density at radius 2 is 2.05 bits per heavy atom. The second kappa shape index (κ2) is 5.74. The van der Waals surface area contributed by atoms with Gasteiger partial charge in [-0.05, 0) is 43.0 Å². The first-order chi connectivity index (χ1) is 9.02. The minimum atomic E-state index is 0.152. The summed E-state index contributed by atoms with van der Waals surface area (Å²) < 4.78 is 0. The number of hydrogen-bond acceptors (Lipinski definition) is 2. The zero-order valence-corrected chi connectivity index (χ0v) is 12.1. The van der Waals surface area contributed by atoms with Crippen molar-refractivity contribution < 1.29 is 0 Å². The first-order valence-electron chi connectivity index (χ1n) is 7.18. The second-order valence-corrected chi connectivity index (χ2v) is 6.05. The molecule has 0 atom stereocenters. The van der Waals surface area contributed by atoms with Crippen LogP contribution in [0.25, 0.3) is 0 Å². The third-order valence-corrected chi connectivity index (χ3v) is 4.56. The van der Waals surface area contributed by atoms with Gasteiger partial charge in [-0.1, -0.05) is 38.5 Å². The molecule has 3 nitrogen and oxygen atoms in total. The zero-order chi connectivity index (χ0) is 13.9. The molecule has 0 spiro atoms. The summed E-state index contributed by atoms with van der Waals surface area (Å²) in [5.41, 5.74) is 8.16. The normalized spacial score (nSPS) is 19.3. The fraction of sp³-hybridized carbons (Fsp3) is 0.562. The van der Waals surface area contributed by atoms with Crippen molar-refractivity contribution >= 4 is 5.84 Å². The van der Waals surface area contributed by atoms with Gasteiger partial charge in [0.05, 0.1) is 0 Å². The van der Waals surface area contributed by atoms with Crippen LogP contribution in [0.3, 0.4) is 0 Å². The van der Waals surface area contributed by atoms with Crippen LogP contribution >= 0.6 is 0 Å². The van der Waals surface area contributed by atoms with Gasteiger partial charge in [0, 0.05) is 12.1 Å². The van der Waals surface area contributed by atoms with E-state index in [1.54, 1.807) is 0 Å². The van der Waals surface area contributed by atoms with E-state index in [1.807, 2.05) is 18.2 Å². The van der Waals surface area contributed by atoms with Gasteiger partial charge in [0.2, 0.25) is 0 Å². The minimum absolute atomic E-state index is 0.152. The summed E-state index contributed by atoms with van der Waals surface area (Å²) in [5.74, 6) is 0.152. The van der Waals surface area contributed by atoms with E-state index in [4.69, 9.17) is 11.1 Å². The molecule has 1 fully saturated rings. The molecule has 1 aliphatic heterocycles. The number of piperidine rings is 1. The van der Waals surface area contributed by atoms with Gasteiger partial charge in [0.25, 0.3) is 0 Å². The Balaban J connectivity index is 1.96. The van der Waals surface area contributed by atoms with Crippen LogP contribution in [0.15, 0.2) is 24.3 Å². The predicted octanol–water partition coefficient (Wildman–Crippen LogP) is 2.98. The molecule has 0 saturated carbocycles. The van der Waals surface area contributed by atoms with Crippen molar-refractivity contribution in [2.75, 3.05) is 13.1 Å². The van der Waals surface area contributed by atoms with Crippen LogP contribution in [0.4, 0.5) is 0 Å². The lowest BCUT2D eigenvalue weighted by atomic mass is 9.78. The van der Waals surface area contributed by atoms with Crippen molar-refractivity contribution in [3.63, 3.8) is 0 Å². The Morgan fingerprint density at radius 1 is 1.37 bits per heavy atom. The van der Waals surface area contributed by atoms with Gasteiger partial charge < -0.3 is 5.73 Å². The summed E-state index contributed by atoms with van der Waals surface area (Å²) in [5, 5.41) is 7.49. The summed E-state index contributed by atoms with van der Waals surface area (Å²) in [6.07, 6.45) is 3.85. The number of rotatable bonds is 4.